The molecule has 0 bridgehead atoms. The molecule has 0 atom stereocenters. The van der Waals surface area contributed by atoms with E-state index in [2.05, 4.69) is 5.32 Å². The lowest BCUT2D eigenvalue weighted by Crippen LogP contribution is -2.15. The van der Waals surface area contributed by atoms with Gasteiger partial charge in [-0.1, -0.05) is 0 Å². The Labute approximate surface area is 138 Å². The highest BCUT2D eigenvalue weighted by Gasteiger charge is 2.11. The van der Waals surface area contributed by atoms with Crippen molar-refractivity contribution in [3.8, 4) is 5.75 Å². The van der Waals surface area contributed by atoms with Gasteiger partial charge in [-0.25, -0.2) is 0 Å². The van der Waals surface area contributed by atoms with E-state index in [9.17, 15) is 9.59 Å². The molecule has 0 aliphatic rings. The van der Waals surface area contributed by atoms with Crippen molar-refractivity contribution in [1.29, 1.82) is 0 Å². The zero-order valence-corrected chi connectivity index (χ0v) is 13.0. The van der Waals surface area contributed by atoms with Crippen molar-refractivity contribution < 1.29 is 18.7 Å². The van der Waals surface area contributed by atoms with E-state index in [4.69, 9.17) is 14.9 Å². The number of hydrogen-bond acceptors (Lipinski definition) is 4. The van der Waals surface area contributed by atoms with Crippen LogP contribution in [0.15, 0.2) is 53.1 Å². The third-order valence-electron chi connectivity index (χ3n) is 3.67. The molecule has 0 saturated heterocycles. The number of hydrogen-bond donors (Lipinski definition) is 2. The molecule has 6 heteroatoms. The van der Waals surface area contributed by atoms with Crippen LogP contribution in [0.3, 0.4) is 0 Å². The van der Waals surface area contributed by atoms with Gasteiger partial charge < -0.3 is 20.2 Å². The van der Waals surface area contributed by atoms with E-state index >= 15 is 0 Å². The minimum atomic E-state index is -0.506. The van der Waals surface area contributed by atoms with Gasteiger partial charge in [0.05, 0.1) is 19.8 Å². The highest BCUT2D eigenvalue weighted by molar-refractivity contribution is 5.97. The average Bonchev–Trinajstić information content (AvgIpc) is 2.97. The Morgan fingerprint density at radius 1 is 1.17 bits per heavy atom. The molecular formula is C18H16N2O4. The van der Waals surface area contributed by atoms with Crippen LogP contribution in [0.1, 0.15) is 15.9 Å². The van der Waals surface area contributed by atoms with Gasteiger partial charge in [0, 0.05) is 28.3 Å². The van der Waals surface area contributed by atoms with Gasteiger partial charge in [0.2, 0.25) is 11.8 Å². The summed E-state index contributed by atoms with van der Waals surface area (Å²) in [5.41, 5.74) is 7.63. The summed E-state index contributed by atoms with van der Waals surface area (Å²) < 4.78 is 10.6. The number of benzene rings is 2. The molecule has 6 nitrogen and oxygen atoms in total. The molecule has 2 amide bonds. The molecule has 3 N–H and O–H groups in total. The second kappa shape index (κ2) is 6.45. The molecule has 0 saturated carbocycles. The van der Waals surface area contributed by atoms with Crippen molar-refractivity contribution in [3.05, 3.63) is 59.9 Å². The number of carbonyl (C=O) groups is 2. The molecule has 3 rings (SSSR count). The summed E-state index contributed by atoms with van der Waals surface area (Å²) in [4.78, 5) is 23.2. The lowest BCUT2D eigenvalue weighted by Gasteiger charge is -2.05. The fraction of sp³-hybridized carbons (Fsp3) is 0.111. The summed E-state index contributed by atoms with van der Waals surface area (Å²) in [6.07, 6.45) is 1.75. The number of amides is 2. The van der Waals surface area contributed by atoms with Gasteiger partial charge in [0.1, 0.15) is 11.3 Å². The first-order valence-corrected chi connectivity index (χ1v) is 7.30. The highest BCUT2D eigenvalue weighted by Crippen LogP contribution is 2.26. The van der Waals surface area contributed by atoms with Crippen molar-refractivity contribution in [3.63, 3.8) is 0 Å². The Bertz CT molecular complexity index is 897. The topological polar surface area (TPSA) is 94.6 Å². The fourth-order valence-corrected chi connectivity index (χ4v) is 2.42. The zero-order valence-electron chi connectivity index (χ0n) is 13.0. The van der Waals surface area contributed by atoms with Gasteiger partial charge >= 0.3 is 0 Å². The molecule has 1 aromatic heterocycles. The van der Waals surface area contributed by atoms with Gasteiger partial charge in [0.15, 0.2) is 0 Å². The van der Waals surface area contributed by atoms with Crippen LogP contribution in [0.2, 0.25) is 0 Å². The summed E-state index contributed by atoms with van der Waals surface area (Å²) in [6, 6.07) is 11.9. The number of rotatable bonds is 5. The smallest absolute Gasteiger partial charge is 0.248 e. The normalized spacial score (nSPS) is 10.5. The van der Waals surface area contributed by atoms with Gasteiger partial charge in [-0.2, -0.15) is 0 Å². The maximum atomic E-state index is 12.2. The van der Waals surface area contributed by atoms with E-state index in [1.807, 2.05) is 12.1 Å². The first kappa shape index (κ1) is 15.6. The Morgan fingerprint density at radius 2 is 1.92 bits per heavy atom. The van der Waals surface area contributed by atoms with E-state index in [-0.39, 0.29) is 12.3 Å². The first-order chi connectivity index (χ1) is 11.6. The minimum absolute atomic E-state index is 0.177. The van der Waals surface area contributed by atoms with E-state index in [0.717, 1.165) is 10.9 Å². The van der Waals surface area contributed by atoms with Crippen LogP contribution in [0, 0.1) is 0 Å². The number of methoxy groups -OCH3 is 1. The molecule has 0 radical (unpaired) electrons. The van der Waals surface area contributed by atoms with E-state index in [0.29, 0.717) is 22.6 Å². The molecule has 1 heterocycles. The molecule has 24 heavy (non-hydrogen) atoms. The Hall–Kier alpha value is -3.28. The SMILES string of the molecule is COc1ccc2c(CC(=O)Nc3ccc(C(N)=O)cc3)coc2c1. The van der Waals surface area contributed by atoms with Crippen LogP contribution >= 0.6 is 0 Å². The molecule has 122 valence electrons. The standard InChI is InChI=1S/C18H16N2O4/c1-23-14-6-7-15-12(10-24-16(15)9-14)8-17(21)20-13-4-2-11(3-5-13)18(19)22/h2-7,9-10H,8H2,1H3,(H2,19,22)(H,20,21). The van der Waals surface area contributed by atoms with E-state index in [1.54, 1.807) is 43.7 Å². The molecule has 0 aliphatic heterocycles. The maximum absolute atomic E-state index is 12.2. The zero-order chi connectivity index (χ0) is 17.1. The number of anilines is 1. The largest absolute Gasteiger partial charge is 0.497 e. The summed E-state index contributed by atoms with van der Waals surface area (Å²) in [6.45, 7) is 0. The van der Waals surface area contributed by atoms with Gasteiger partial charge in [-0.3, -0.25) is 9.59 Å². The monoisotopic (exact) mass is 324 g/mol. The predicted molar refractivity (Wildman–Crippen MR) is 90.1 cm³/mol. The minimum Gasteiger partial charge on any atom is -0.497 e. The van der Waals surface area contributed by atoms with Gasteiger partial charge in [-0.05, 0) is 36.4 Å². The second-order valence-corrected chi connectivity index (χ2v) is 5.29. The molecule has 0 spiro atoms. The van der Waals surface area contributed by atoms with Crippen molar-refractivity contribution in [2.75, 3.05) is 12.4 Å². The van der Waals surface area contributed by atoms with Crippen LogP contribution < -0.4 is 15.8 Å². The summed E-state index contributed by atoms with van der Waals surface area (Å²) in [5, 5.41) is 3.65. The number of fused-ring (bicyclic) bond motifs is 1. The summed E-state index contributed by atoms with van der Waals surface area (Å²) in [5.74, 6) is 0.0101. The van der Waals surface area contributed by atoms with Crippen LogP contribution in [0.5, 0.6) is 5.75 Å². The lowest BCUT2D eigenvalue weighted by atomic mass is 10.1. The number of nitrogens with one attached hydrogen (secondary N) is 1. The lowest BCUT2D eigenvalue weighted by molar-refractivity contribution is -0.115. The molecule has 0 unspecified atom stereocenters. The van der Waals surface area contributed by atoms with Crippen LogP contribution in [0.4, 0.5) is 5.69 Å². The number of primary amides is 1. The number of furan rings is 1. The van der Waals surface area contributed by atoms with Crippen LogP contribution in [-0.4, -0.2) is 18.9 Å². The van der Waals surface area contributed by atoms with Crippen molar-refractivity contribution >= 4 is 28.5 Å². The van der Waals surface area contributed by atoms with Gasteiger partial charge in [-0.15, -0.1) is 0 Å². The number of ether oxygens (including phenoxy) is 1. The second-order valence-electron chi connectivity index (χ2n) is 5.29. The van der Waals surface area contributed by atoms with Crippen molar-refractivity contribution in [2.24, 2.45) is 5.73 Å². The van der Waals surface area contributed by atoms with E-state index in [1.165, 1.54) is 0 Å². The molecule has 0 fully saturated rings. The van der Waals surface area contributed by atoms with E-state index < -0.39 is 5.91 Å². The molecular weight excluding hydrogens is 308 g/mol. The Morgan fingerprint density at radius 3 is 2.58 bits per heavy atom. The molecule has 0 aliphatic carbocycles. The Kier molecular flexibility index (Phi) is 4.20. The number of nitrogens with two attached hydrogens (primary N) is 1. The van der Waals surface area contributed by atoms with Crippen LogP contribution in [-0.2, 0) is 11.2 Å². The highest BCUT2D eigenvalue weighted by atomic mass is 16.5. The quantitative estimate of drug-likeness (QED) is 0.754. The van der Waals surface area contributed by atoms with Crippen molar-refractivity contribution in [2.45, 2.75) is 6.42 Å². The third kappa shape index (κ3) is 3.22. The van der Waals surface area contributed by atoms with Gasteiger partial charge in [0.25, 0.3) is 0 Å². The maximum Gasteiger partial charge on any atom is 0.248 e. The molecule has 2 aromatic carbocycles. The average molecular weight is 324 g/mol. The fourth-order valence-electron chi connectivity index (χ4n) is 2.42. The Balaban J connectivity index is 1.71. The number of carbonyl (C=O) groups excluding carboxylic acids is 2. The van der Waals surface area contributed by atoms with Crippen LogP contribution in [0.25, 0.3) is 11.0 Å². The first-order valence-electron chi connectivity index (χ1n) is 7.30. The summed E-state index contributed by atoms with van der Waals surface area (Å²) in [7, 11) is 1.59. The van der Waals surface area contributed by atoms with Crippen molar-refractivity contribution in [1.82, 2.24) is 0 Å². The predicted octanol–water partition coefficient (Wildman–Crippen LogP) is 2.72. The molecule has 3 aromatic rings. The summed E-state index contributed by atoms with van der Waals surface area (Å²) >= 11 is 0. The third-order valence-corrected chi connectivity index (χ3v) is 3.67.